The first kappa shape index (κ1) is 21.1. The fraction of sp³-hybridized carbons (Fsp3) is 0.286. The average molecular weight is 410 g/mol. The molecule has 0 bridgehead atoms. The standard InChI is InChI=1S/C21H26N6O3/c1-26-11-4-6-17(26)18-13-16(25-27(18)2)21(29)24-14-7-8-19(30-3)15(12-14)20(28)23-10-5-9-22/h4,6-8,11-13H,5,9-10,22H2,1-3H3,(H,23,28)(H,24,29). The number of nitrogens with two attached hydrogens (primary N) is 1. The van der Waals surface area contributed by atoms with Gasteiger partial charge in [-0.2, -0.15) is 5.10 Å². The number of amides is 2. The van der Waals surface area contributed by atoms with Gasteiger partial charge in [-0.05, 0) is 49.4 Å². The van der Waals surface area contributed by atoms with E-state index in [0.717, 1.165) is 11.4 Å². The Hall–Kier alpha value is -3.59. The summed E-state index contributed by atoms with van der Waals surface area (Å²) >= 11 is 0. The lowest BCUT2D eigenvalue weighted by atomic mass is 10.1. The minimum Gasteiger partial charge on any atom is -0.496 e. The predicted molar refractivity (Wildman–Crippen MR) is 115 cm³/mol. The minimum atomic E-state index is -0.370. The van der Waals surface area contributed by atoms with Gasteiger partial charge in [-0.25, -0.2) is 0 Å². The van der Waals surface area contributed by atoms with Crippen LogP contribution in [0.2, 0.25) is 0 Å². The molecule has 0 saturated carbocycles. The van der Waals surface area contributed by atoms with Crippen LogP contribution in [0.5, 0.6) is 5.75 Å². The fourth-order valence-corrected chi connectivity index (χ4v) is 3.10. The van der Waals surface area contributed by atoms with Crippen LogP contribution in [0, 0.1) is 0 Å². The second kappa shape index (κ2) is 9.27. The normalized spacial score (nSPS) is 10.7. The second-order valence-electron chi connectivity index (χ2n) is 6.81. The maximum absolute atomic E-state index is 12.7. The number of benzene rings is 1. The summed E-state index contributed by atoms with van der Waals surface area (Å²) in [6.07, 6.45) is 2.60. The highest BCUT2D eigenvalue weighted by atomic mass is 16.5. The van der Waals surface area contributed by atoms with E-state index in [4.69, 9.17) is 10.5 Å². The molecule has 3 rings (SSSR count). The van der Waals surface area contributed by atoms with Crippen LogP contribution < -0.4 is 21.1 Å². The van der Waals surface area contributed by atoms with E-state index < -0.39 is 0 Å². The van der Waals surface area contributed by atoms with Crippen LogP contribution in [0.25, 0.3) is 11.4 Å². The molecule has 0 radical (unpaired) electrons. The lowest BCUT2D eigenvalue weighted by Gasteiger charge is -2.11. The Kier molecular flexibility index (Phi) is 6.53. The van der Waals surface area contributed by atoms with Gasteiger partial charge in [0, 0.05) is 32.5 Å². The van der Waals surface area contributed by atoms with Gasteiger partial charge in [-0.15, -0.1) is 0 Å². The van der Waals surface area contributed by atoms with Crippen LogP contribution in [0.15, 0.2) is 42.6 Å². The number of hydrogen-bond acceptors (Lipinski definition) is 5. The Morgan fingerprint density at radius 1 is 1.13 bits per heavy atom. The molecule has 0 aliphatic carbocycles. The molecule has 2 heterocycles. The van der Waals surface area contributed by atoms with E-state index in [-0.39, 0.29) is 17.5 Å². The number of nitrogens with one attached hydrogen (secondary N) is 2. The number of nitrogens with zero attached hydrogens (tertiary/aromatic N) is 3. The van der Waals surface area contributed by atoms with Crippen LogP contribution in [0.4, 0.5) is 5.69 Å². The van der Waals surface area contributed by atoms with Gasteiger partial charge in [0.05, 0.1) is 24.1 Å². The number of aromatic nitrogens is 3. The molecule has 4 N–H and O–H groups in total. The van der Waals surface area contributed by atoms with E-state index in [1.807, 2.05) is 29.9 Å². The zero-order chi connectivity index (χ0) is 21.7. The van der Waals surface area contributed by atoms with Crippen molar-refractivity contribution in [2.75, 3.05) is 25.5 Å². The van der Waals surface area contributed by atoms with Crippen molar-refractivity contribution in [3.05, 3.63) is 53.9 Å². The number of hydrogen-bond donors (Lipinski definition) is 3. The molecule has 9 nitrogen and oxygen atoms in total. The second-order valence-corrected chi connectivity index (χ2v) is 6.81. The third kappa shape index (κ3) is 4.52. The summed E-state index contributed by atoms with van der Waals surface area (Å²) in [7, 11) is 5.21. The highest BCUT2D eigenvalue weighted by molar-refractivity contribution is 6.05. The number of methoxy groups -OCH3 is 1. The molecule has 0 aliphatic rings. The van der Waals surface area contributed by atoms with E-state index in [2.05, 4.69) is 15.7 Å². The molecule has 9 heteroatoms. The first-order valence-corrected chi connectivity index (χ1v) is 9.58. The van der Waals surface area contributed by atoms with E-state index in [9.17, 15) is 9.59 Å². The number of carbonyl (C=O) groups is 2. The molecule has 3 aromatic rings. The van der Waals surface area contributed by atoms with Gasteiger partial charge < -0.3 is 25.7 Å². The molecule has 0 aliphatic heterocycles. The molecule has 0 spiro atoms. The van der Waals surface area contributed by atoms with Gasteiger partial charge >= 0.3 is 0 Å². The molecular weight excluding hydrogens is 384 g/mol. The summed E-state index contributed by atoms with van der Waals surface area (Å²) < 4.78 is 8.89. The van der Waals surface area contributed by atoms with E-state index in [0.29, 0.717) is 36.5 Å². The third-order valence-electron chi connectivity index (χ3n) is 4.69. The van der Waals surface area contributed by atoms with Crippen molar-refractivity contribution in [1.29, 1.82) is 0 Å². The summed E-state index contributed by atoms with van der Waals surface area (Å²) in [6.45, 7) is 0.952. The summed E-state index contributed by atoms with van der Waals surface area (Å²) in [5.74, 6) is -0.243. The van der Waals surface area contributed by atoms with Gasteiger partial charge in [-0.3, -0.25) is 14.3 Å². The van der Waals surface area contributed by atoms with Gasteiger partial charge in [0.25, 0.3) is 11.8 Å². The largest absolute Gasteiger partial charge is 0.496 e. The van der Waals surface area contributed by atoms with Gasteiger partial charge in [0.1, 0.15) is 5.75 Å². The van der Waals surface area contributed by atoms with Crippen LogP contribution in [-0.4, -0.2) is 46.4 Å². The van der Waals surface area contributed by atoms with Crippen LogP contribution in [0.3, 0.4) is 0 Å². The molecule has 2 amide bonds. The number of rotatable bonds is 8. The molecule has 158 valence electrons. The summed E-state index contributed by atoms with van der Waals surface area (Å²) in [5.41, 5.74) is 8.31. The van der Waals surface area contributed by atoms with Gasteiger partial charge in [-0.1, -0.05) is 0 Å². The first-order valence-electron chi connectivity index (χ1n) is 9.58. The van der Waals surface area contributed by atoms with E-state index in [1.54, 1.807) is 36.0 Å². The van der Waals surface area contributed by atoms with Crippen LogP contribution >= 0.6 is 0 Å². The highest BCUT2D eigenvalue weighted by Crippen LogP contribution is 2.24. The quantitative estimate of drug-likeness (QED) is 0.490. The van der Waals surface area contributed by atoms with E-state index >= 15 is 0 Å². The molecule has 0 atom stereocenters. The molecule has 30 heavy (non-hydrogen) atoms. The monoisotopic (exact) mass is 410 g/mol. The molecule has 2 aromatic heterocycles. The smallest absolute Gasteiger partial charge is 0.276 e. The van der Waals surface area contributed by atoms with E-state index in [1.165, 1.54) is 7.11 Å². The minimum absolute atomic E-state index is 0.276. The van der Waals surface area contributed by atoms with Crippen molar-refractivity contribution < 1.29 is 14.3 Å². The lowest BCUT2D eigenvalue weighted by molar-refractivity contribution is 0.0949. The number of anilines is 1. The zero-order valence-corrected chi connectivity index (χ0v) is 17.3. The SMILES string of the molecule is COc1ccc(NC(=O)c2cc(-c3cccn3C)n(C)n2)cc1C(=O)NCCCN. The molecule has 0 saturated heterocycles. The number of ether oxygens (including phenoxy) is 1. The van der Waals surface area contributed by atoms with Crippen LogP contribution in [-0.2, 0) is 14.1 Å². The molecule has 0 fully saturated rings. The summed E-state index contributed by atoms with van der Waals surface area (Å²) in [5, 5.41) is 9.90. The van der Waals surface area contributed by atoms with Gasteiger partial charge in [0.2, 0.25) is 0 Å². The Morgan fingerprint density at radius 3 is 2.60 bits per heavy atom. The maximum Gasteiger partial charge on any atom is 0.276 e. The summed E-state index contributed by atoms with van der Waals surface area (Å²) in [4.78, 5) is 25.2. The number of carbonyl (C=O) groups excluding carboxylic acids is 2. The number of aryl methyl sites for hydroxylation is 2. The summed E-state index contributed by atoms with van der Waals surface area (Å²) in [6, 6.07) is 10.5. The maximum atomic E-state index is 12.7. The van der Waals surface area contributed by atoms with Gasteiger partial charge in [0.15, 0.2) is 5.69 Å². The topological polar surface area (TPSA) is 116 Å². The van der Waals surface area contributed by atoms with Crippen molar-refractivity contribution >= 4 is 17.5 Å². The van der Waals surface area contributed by atoms with Crippen molar-refractivity contribution in [3.8, 4) is 17.1 Å². The van der Waals surface area contributed by atoms with Crippen LogP contribution in [0.1, 0.15) is 27.3 Å². The highest BCUT2D eigenvalue weighted by Gasteiger charge is 2.18. The zero-order valence-electron chi connectivity index (χ0n) is 17.3. The first-order chi connectivity index (χ1) is 14.4. The lowest BCUT2D eigenvalue weighted by Crippen LogP contribution is -2.26. The molecule has 0 unspecified atom stereocenters. The third-order valence-corrected chi connectivity index (χ3v) is 4.69. The Balaban J connectivity index is 1.79. The molecule has 1 aromatic carbocycles. The fourth-order valence-electron chi connectivity index (χ4n) is 3.10. The van der Waals surface area contributed by atoms with Crippen molar-refractivity contribution in [1.82, 2.24) is 19.7 Å². The Bertz CT molecular complexity index is 1050. The van der Waals surface area contributed by atoms with Crippen molar-refractivity contribution in [2.24, 2.45) is 19.8 Å². The van der Waals surface area contributed by atoms with Crippen molar-refractivity contribution in [2.45, 2.75) is 6.42 Å². The Labute approximate surface area is 174 Å². The van der Waals surface area contributed by atoms with Crippen molar-refractivity contribution in [3.63, 3.8) is 0 Å². The Morgan fingerprint density at radius 2 is 1.93 bits per heavy atom. The average Bonchev–Trinajstić information content (AvgIpc) is 3.33. The predicted octanol–water partition coefficient (Wildman–Crippen LogP) is 1.77. The molecular formula is C21H26N6O3.